The lowest BCUT2D eigenvalue weighted by molar-refractivity contribution is 0.318. The summed E-state index contributed by atoms with van der Waals surface area (Å²) >= 11 is 11.7. The fourth-order valence-electron chi connectivity index (χ4n) is 1.48. The van der Waals surface area contributed by atoms with E-state index in [2.05, 4.69) is 5.16 Å². The number of nitrogens with two attached hydrogens (primary N) is 1. The molecule has 98 valence electrons. The van der Waals surface area contributed by atoms with Crippen molar-refractivity contribution in [3.8, 4) is 11.5 Å². The molecule has 0 amide bonds. The molecule has 0 spiro atoms. The van der Waals surface area contributed by atoms with E-state index in [1.54, 1.807) is 42.5 Å². The minimum absolute atomic E-state index is 0.0550. The summed E-state index contributed by atoms with van der Waals surface area (Å²) in [5, 5.41) is 12.8. The van der Waals surface area contributed by atoms with Gasteiger partial charge in [0.1, 0.15) is 11.5 Å². The Bertz CT molecular complexity index is 613. The highest BCUT2D eigenvalue weighted by atomic mass is 35.5. The van der Waals surface area contributed by atoms with E-state index in [-0.39, 0.29) is 5.84 Å². The molecule has 2 rings (SSSR count). The predicted octanol–water partition coefficient (Wildman–Crippen LogP) is 3.88. The monoisotopic (exact) mass is 296 g/mol. The van der Waals surface area contributed by atoms with Crippen LogP contribution < -0.4 is 10.5 Å². The Hall–Kier alpha value is -1.91. The third-order valence-electron chi connectivity index (χ3n) is 2.37. The normalized spacial score (nSPS) is 11.4. The van der Waals surface area contributed by atoms with Gasteiger partial charge in [-0.3, -0.25) is 0 Å². The molecule has 0 unspecified atom stereocenters. The first-order valence-electron chi connectivity index (χ1n) is 5.31. The zero-order chi connectivity index (χ0) is 13.8. The van der Waals surface area contributed by atoms with Crippen molar-refractivity contribution in [1.82, 2.24) is 0 Å². The summed E-state index contributed by atoms with van der Waals surface area (Å²) < 4.78 is 5.65. The molecule has 0 saturated carbocycles. The molecule has 0 bridgehead atoms. The van der Waals surface area contributed by atoms with Gasteiger partial charge in [0, 0.05) is 16.1 Å². The minimum atomic E-state index is -0.0550. The summed E-state index contributed by atoms with van der Waals surface area (Å²) in [6.45, 7) is 0. The standard InChI is InChI=1S/C13H10Cl2N2O2/c14-8-1-4-10(5-2-8)19-12-7-9(15)3-6-11(12)13(16)17-18/h1-7,18H,(H2,16,17). The Morgan fingerprint density at radius 2 is 1.68 bits per heavy atom. The van der Waals surface area contributed by atoms with Crippen LogP contribution in [0.5, 0.6) is 11.5 Å². The molecule has 2 aromatic rings. The van der Waals surface area contributed by atoms with Gasteiger partial charge < -0.3 is 15.7 Å². The van der Waals surface area contributed by atoms with Gasteiger partial charge in [0.05, 0.1) is 5.56 Å². The number of hydrogen-bond donors (Lipinski definition) is 2. The van der Waals surface area contributed by atoms with Crippen molar-refractivity contribution in [2.45, 2.75) is 0 Å². The molecule has 6 heteroatoms. The maximum atomic E-state index is 8.74. The van der Waals surface area contributed by atoms with Gasteiger partial charge in [0.25, 0.3) is 0 Å². The van der Waals surface area contributed by atoms with Gasteiger partial charge in [-0.2, -0.15) is 0 Å². The number of oxime groups is 1. The summed E-state index contributed by atoms with van der Waals surface area (Å²) in [6, 6.07) is 11.6. The molecule has 0 aliphatic rings. The van der Waals surface area contributed by atoms with E-state index in [1.807, 2.05) is 0 Å². The van der Waals surface area contributed by atoms with Gasteiger partial charge in [-0.1, -0.05) is 28.4 Å². The first kappa shape index (κ1) is 13.5. The van der Waals surface area contributed by atoms with Gasteiger partial charge in [-0.25, -0.2) is 0 Å². The van der Waals surface area contributed by atoms with Crippen molar-refractivity contribution in [3.05, 3.63) is 58.1 Å². The largest absolute Gasteiger partial charge is 0.457 e. The highest BCUT2D eigenvalue weighted by Crippen LogP contribution is 2.29. The van der Waals surface area contributed by atoms with E-state index >= 15 is 0 Å². The average Bonchev–Trinajstić information content (AvgIpc) is 2.41. The molecular formula is C13H10Cl2N2O2. The molecule has 0 aromatic heterocycles. The van der Waals surface area contributed by atoms with Crippen LogP contribution in [0.2, 0.25) is 10.0 Å². The molecule has 0 radical (unpaired) electrons. The van der Waals surface area contributed by atoms with E-state index in [4.69, 9.17) is 38.9 Å². The molecule has 0 saturated heterocycles. The van der Waals surface area contributed by atoms with Crippen LogP contribution in [0.3, 0.4) is 0 Å². The summed E-state index contributed by atoms with van der Waals surface area (Å²) in [6.07, 6.45) is 0. The van der Waals surface area contributed by atoms with Gasteiger partial charge >= 0.3 is 0 Å². The molecule has 2 aromatic carbocycles. The smallest absolute Gasteiger partial charge is 0.173 e. The summed E-state index contributed by atoms with van der Waals surface area (Å²) in [5.74, 6) is 0.907. The zero-order valence-electron chi connectivity index (χ0n) is 9.68. The number of nitrogens with zero attached hydrogens (tertiary/aromatic N) is 1. The van der Waals surface area contributed by atoms with Crippen LogP contribution in [0.1, 0.15) is 5.56 Å². The Morgan fingerprint density at radius 1 is 1.05 bits per heavy atom. The quantitative estimate of drug-likeness (QED) is 0.391. The van der Waals surface area contributed by atoms with E-state index in [0.29, 0.717) is 27.1 Å². The second-order valence-electron chi connectivity index (χ2n) is 3.68. The molecule has 19 heavy (non-hydrogen) atoms. The van der Waals surface area contributed by atoms with E-state index in [9.17, 15) is 0 Å². The molecule has 0 aliphatic carbocycles. The fraction of sp³-hybridized carbons (Fsp3) is 0. The third-order valence-corrected chi connectivity index (χ3v) is 2.86. The van der Waals surface area contributed by atoms with Crippen LogP contribution >= 0.6 is 23.2 Å². The molecule has 0 heterocycles. The van der Waals surface area contributed by atoms with Gasteiger partial charge in [0.15, 0.2) is 5.84 Å². The maximum absolute atomic E-state index is 8.74. The van der Waals surface area contributed by atoms with Crippen molar-refractivity contribution in [2.75, 3.05) is 0 Å². The van der Waals surface area contributed by atoms with Crippen molar-refractivity contribution < 1.29 is 9.94 Å². The summed E-state index contributed by atoms with van der Waals surface area (Å²) in [7, 11) is 0. The average molecular weight is 297 g/mol. The maximum Gasteiger partial charge on any atom is 0.173 e. The predicted molar refractivity (Wildman–Crippen MR) is 75.5 cm³/mol. The zero-order valence-corrected chi connectivity index (χ0v) is 11.2. The Kier molecular flexibility index (Phi) is 4.14. The summed E-state index contributed by atoms with van der Waals surface area (Å²) in [5.41, 5.74) is 6.02. The van der Waals surface area contributed by atoms with Crippen LogP contribution in [0, 0.1) is 0 Å². The lowest BCUT2D eigenvalue weighted by atomic mass is 10.2. The fourth-order valence-corrected chi connectivity index (χ4v) is 1.76. The Balaban J connectivity index is 2.38. The van der Waals surface area contributed by atoms with Gasteiger partial charge in [-0.05, 0) is 36.4 Å². The first-order chi connectivity index (χ1) is 9.10. The molecule has 0 aliphatic heterocycles. The highest BCUT2D eigenvalue weighted by Gasteiger charge is 2.10. The van der Waals surface area contributed by atoms with Gasteiger partial charge in [-0.15, -0.1) is 0 Å². The lowest BCUT2D eigenvalue weighted by Gasteiger charge is -2.10. The Labute approximate surface area is 120 Å². The van der Waals surface area contributed by atoms with Crippen LogP contribution in [-0.2, 0) is 0 Å². The SMILES string of the molecule is NC(=NO)c1ccc(Cl)cc1Oc1ccc(Cl)cc1. The first-order valence-corrected chi connectivity index (χ1v) is 6.06. The van der Waals surface area contributed by atoms with Crippen LogP contribution in [0.15, 0.2) is 47.6 Å². The molecule has 3 N–H and O–H groups in total. The number of benzene rings is 2. The van der Waals surface area contributed by atoms with Crippen molar-refractivity contribution in [1.29, 1.82) is 0 Å². The van der Waals surface area contributed by atoms with Gasteiger partial charge in [0.2, 0.25) is 0 Å². The van der Waals surface area contributed by atoms with Crippen molar-refractivity contribution in [2.24, 2.45) is 10.9 Å². The number of ether oxygens (including phenoxy) is 1. The third kappa shape index (κ3) is 3.30. The summed E-state index contributed by atoms with van der Waals surface area (Å²) in [4.78, 5) is 0. The number of amidine groups is 1. The second kappa shape index (κ2) is 5.82. The van der Waals surface area contributed by atoms with Crippen LogP contribution in [0.4, 0.5) is 0 Å². The van der Waals surface area contributed by atoms with Crippen molar-refractivity contribution in [3.63, 3.8) is 0 Å². The number of hydrogen-bond acceptors (Lipinski definition) is 3. The number of rotatable bonds is 3. The van der Waals surface area contributed by atoms with Crippen molar-refractivity contribution >= 4 is 29.0 Å². The minimum Gasteiger partial charge on any atom is -0.457 e. The van der Waals surface area contributed by atoms with Crippen LogP contribution in [0.25, 0.3) is 0 Å². The van der Waals surface area contributed by atoms with E-state index < -0.39 is 0 Å². The lowest BCUT2D eigenvalue weighted by Crippen LogP contribution is -2.14. The molecule has 0 atom stereocenters. The highest BCUT2D eigenvalue weighted by molar-refractivity contribution is 6.31. The number of halogens is 2. The molecular weight excluding hydrogens is 287 g/mol. The van der Waals surface area contributed by atoms with E-state index in [0.717, 1.165) is 0 Å². The topological polar surface area (TPSA) is 67.8 Å². The molecule has 0 fully saturated rings. The van der Waals surface area contributed by atoms with Crippen LogP contribution in [-0.4, -0.2) is 11.0 Å². The second-order valence-corrected chi connectivity index (χ2v) is 4.55. The van der Waals surface area contributed by atoms with E-state index in [1.165, 1.54) is 0 Å². The Morgan fingerprint density at radius 3 is 2.32 bits per heavy atom. The molecule has 4 nitrogen and oxygen atoms in total.